The molecule has 0 aliphatic heterocycles. The first-order chi connectivity index (χ1) is 43.3. The minimum atomic E-state index is -4.40. The van der Waals surface area contributed by atoms with Crippen molar-refractivity contribution in [3.63, 3.8) is 0 Å². The van der Waals surface area contributed by atoms with Crippen molar-refractivity contribution in [1.29, 1.82) is 0 Å². The van der Waals surface area contributed by atoms with Crippen molar-refractivity contribution in [2.45, 2.75) is 373 Å². The molecule has 0 aliphatic carbocycles. The Morgan fingerprint density at radius 2 is 0.625 bits per heavy atom. The highest BCUT2D eigenvalue weighted by Gasteiger charge is 2.26. The molecule has 0 bridgehead atoms. The highest BCUT2D eigenvalue weighted by Crippen LogP contribution is 2.43. The van der Waals surface area contributed by atoms with Crippen LogP contribution < -0.4 is 5.73 Å². The van der Waals surface area contributed by atoms with Gasteiger partial charge in [0.05, 0.1) is 13.2 Å². The van der Waals surface area contributed by atoms with E-state index in [1.807, 2.05) is 0 Å². The number of unbranched alkanes of at least 4 members (excludes halogenated alkanes) is 44. The summed E-state index contributed by atoms with van der Waals surface area (Å²) in [5.74, 6) is -0.830. The molecule has 0 amide bonds. The van der Waals surface area contributed by atoms with Crippen molar-refractivity contribution in [3.8, 4) is 0 Å². The summed E-state index contributed by atoms with van der Waals surface area (Å²) in [7, 11) is -4.40. The van der Waals surface area contributed by atoms with E-state index in [4.69, 9.17) is 24.3 Å². The summed E-state index contributed by atoms with van der Waals surface area (Å²) in [6, 6.07) is 0. The van der Waals surface area contributed by atoms with Crippen molar-refractivity contribution in [1.82, 2.24) is 0 Å². The van der Waals surface area contributed by atoms with Gasteiger partial charge in [-0.1, -0.05) is 369 Å². The van der Waals surface area contributed by atoms with Crippen LogP contribution in [0, 0.1) is 0 Å². The maximum atomic E-state index is 12.8. The number of carbonyl (C=O) groups excluding carboxylic acids is 2. The first-order valence-corrected chi connectivity index (χ1v) is 39.1. The Morgan fingerprint density at radius 1 is 0.352 bits per heavy atom. The predicted octanol–water partition coefficient (Wildman–Crippen LogP) is 24.9. The molecule has 0 aromatic carbocycles. The quantitative estimate of drug-likeness (QED) is 0.0264. The number of phosphoric acid groups is 1. The molecule has 10 heteroatoms. The zero-order chi connectivity index (χ0) is 63.7. The molecule has 3 N–H and O–H groups in total. The molecule has 88 heavy (non-hydrogen) atoms. The van der Waals surface area contributed by atoms with E-state index in [-0.39, 0.29) is 38.6 Å². The molecule has 0 heterocycles. The molecular weight excluding hydrogens is 1110 g/mol. The molecule has 0 aromatic rings. The second-order valence-corrected chi connectivity index (χ2v) is 26.6. The van der Waals surface area contributed by atoms with Crippen LogP contribution in [0.25, 0.3) is 0 Å². The number of nitrogens with two attached hydrogens (primary N) is 1. The maximum absolute atomic E-state index is 12.8. The Morgan fingerprint density at radius 3 is 0.932 bits per heavy atom. The van der Waals surface area contributed by atoms with Crippen molar-refractivity contribution >= 4 is 19.8 Å². The van der Waals surface area contributed by atoms with Crippen molar-refractivity contribution < 1.29 is 37.6 Å². The summed E-state index contributed by atoms with van der Waals surface area (Å²) in [6.07, 6.45) is 98.5. The lowest BCUT2D eigenvalue weighted by molar-refractivity contribution is -0.161. The third-order valence-electron chi connectivity index (χ3n) is 16.5. The predicted molar refractivity (Wildman–Crippen MR) is 381 cm³/mol. The van der Waals surface area contributed by atoms with Gasteiger partial charge in [-0.3, -0.25) is 18.6 Å². The van der Waals surface area contributed by atoms with Crippen molar-refractivity contribution in [3.05, 3.63) is 85.1 Å². The molecular formula is C78H142NO8P. The van der Waals surface area contributed by atoms with E-state index in [0.29, 0.717) is 6.42 Å². The Bertz CT molecular complexity index is 1720. The summed E-state index contributed by atoms with van der Waals surface area (Å²) >= 11 is 0. The second kappa shape index (κ2) is 73.2. The number of hydrogen-bond donors (Lipinski definition) is 2. The van der Waals surface area contributed by atoms with Gasteiger partial charge in [0, 0.05) is 19.4 Å². The monoisotopic (exact) mass is 1250 g/mol. The highest BCUT2D eigenvalue weighted by molar-refractivity contribution is 7.47. The molecule has 0 aromatic heterocycles. The van der Waals surface area contributed by atoms with Gasteiger partial charge in [0.2, 0.25) is 0 Å². The van der Waals surface area contributed by atoms with E-state index in [2.05, 4.69) is 98.9 Å². The van der Waals surface area contributed by atoms with Crippen molar-refractivity contribution in [2.75, 3.05) is 26.4 Å². The third kappa shape index (κ3) is 72.3. The minimum absolute atomic E-state index is 0.0490. The van der Waals surface area contributed by atoms with Gasteiger partial charge >= 0.3 is 19.8 Å². The van der Waals surface area contributed by atoms with Crippen LogP contribution in [0.5, 0.6) is 0 Å². The molecule has 2 unspecified atom stereocenters. The fraction of sp³-hybridized carbons (Fsp3) is 0.795. The molecule has 2 atom stereocenters. The Labute approximate surface area is 544 Å². The maximum Gasteiger partial charge on any atom is 0.472 e. The summed E-state index contributed by atoms with van der Waals surface area (Å²) in [4.78, 5) is 35.4. The van der Waals surface area contributed by atoms with Crippen molar-refractivity contribution in [2.24, 2.45) is 5.73 Å². The fourth-order valence-electron chi connectivity index (χ4n) is 11.0. The number of allylic oxidation sites excluding steroid dienone is 14. The molecule has 0 saturated heterocycles. The fourth-order valence-corrected chi connectivity index (χ4v) is 11.8. The molecule has 0 saturated carbocycles. The zero-order valence-electron chi connectivity index (χ0n) is 57.7. The summed E-state index contributed by atoms with van der Waals surface area (Å²) in [6.45, 7) is 3.67. The van der Waals surface area contributed by atoms with Crippen LogP contribution in [0.4, 0.5) is 0 Å². The van der Waals surface area contributed by atoms with E-state index in [9.17, 15) is 19.0 Å². The van der Waals surface area contributed by atoms with Crippen LogP contribution in [-0.4, -0.2) is 49.3 Å². The van der Waals surface area contributed by atoms with Crippen LogP contribution >= 0.6 is 7.82 Å². The normalized spacial score (nSPS) is 13.4. The van der Waals surface area contributed by atoms with Crippen LogP contribution in [0.2, 0.25) is 0 Å². The number of carbonyl (C=O) groups is 2. The molecule has 0 spiro atoms. The summed E-state index contributed by atoms with van der Waals surface area (Å²) in [5.41, 5.74) is 5.41. The minimum Gasteiger partial charge on any atom is -0.462 e. The van der Waals surface area contributed by atoms with Crippen LogP contribution in [0.1, 0.15) is 367 Å². The van der Waals surface area contributed by atoms with E-state index < -0.39 is 26.5 Å². The van der Waals surface area contributed by atoms with E-state index in [1.165, 1.54) is 244 Å². The summed E-state index contributed by atoms with van der Waals surface area (Å²) < 4.78 is 33.2. The largest absolute Gasteiger partial charge is 0.472 e. The molecule has 0 fully saturated rings. The zero-order valence-corrected chi connectivity index (χ0v) is 58.6. The average molecular weight is 1250 g/mol. The number of hydrogen-bond acceptors (Lipinski definition) is 8. The Balaban J connectivity index is 3.82. The third-order valence-corrected chi connectivity index (χ3v) is 17.5. The van der Waals surface area contributed by atoms with Crippen LogP contribution in [0.15, 0.2) is 85.1 Å². The average Bonchev–Trinajstić information content (AvgIpc) is 3.60. The smallest absolute Gasteiger partial charge is 0.462 e. The van der Waals surface area contributed by atoms with Gasteiger partial charge in [-0.15, -0.1) is 0 Å². The van der Waals surface area contributed by atoms with Gasteiger partial charge < -0.3 is 20.1 Å². The Kier molecular flexibility index (Phi) is 70.9. The van der Waals surface area contributed by atoms with Gasteiger partial charge in [0.25, 0.3) is 0 Å². The van der Waals surface area contributed by atoms with Gasteiger partial charge in [0.15, 0.2) is 6.10 Å². The lowest BCUT2D eigenvalue weighted by atomic mass is 10.0. The standard InChI is InChI=1S/C78H142NO8P/c1-3-5-7-9-11-13-15-17-19-21-23-25-27-29-31-33-34-35-36-37-38-39-40-41-43-44-46-48-50-52-54-56-58-60-62-64-66-68-70-77(80)84-74-76(75-86-88(82,83)85-73-72-79)87-78(81)71-69-67-65-63-61-59-57-55-53-51-49-47-45-42-32-30-28-26-24-22-20-18-16-14-12-10-8-6-4-2/h6,8,12,14,18,20,24,26,30,32,45,47,51,53,76H,3-5,7,9-11,13,15-17,19,21-23,25,27-29,31,33-44,46,48-50,52,54-75,79H2,1-2H3,(H,82,83)/b8-6-,14-12-,20-18-,26-24-,32-30-,47-45-,53-51-. The molecule has 0 rings (SSSR count). The number of phosphoric ester groups is 1. The van der Waals surface area contributed by atoms with Crippen LogP contribution in [0.3, 0.4) is 0 Å². The number of esters is 2. The Hall–Kier alpha value is -2.81. The van der Waals surface area contributed by atoms with E-state index in [1.54, 1.807) is 0 Å². The SMILES string of the molecule is CC/C=C\C/C=C\C/C=C\C/C=C\C/C=C\C/C=C\C/C=C\CCCCCCCCCC(=O)OC(COC(=O)CCCCCCCCCCCCCCCCCCCCCCCCCCCCCCCCCCCCCCCC)COP(=O)(O)OCCN. The molecule has 9 nitrogen and oxygen atoms in total. The lowest BCUT2D eigenvalue weighted by Crippen LogP contribution is -2.29. The molecule has 0 radical (unpaired) electrons. The first-order valence-electron chi connectivity index (χ1n) is 37.6. The molecule has 0 aliphatic rings. The molecule has 512 valence electrons. The second-order valence-electron chi connectivity index (χ2n) is 25.1. The van der Waals surface area contributed by atoms with Crippen LogP contribution in [-0.2, 0) is 32.7 Å². The van der Waals surface area contributed by atoms with Gasteiger partial charge in [0.1, 0.15) is 6.61 Å². The van der Waals surface area contributed by atoms with E-state index >= 15 is 0 Å². The highest BCUT2D eigenvalue weighted by atomic mass is 31.2. The summed E-state index contributed by atoms with van der Waals surface area (Å²) in [5, 5.41) is 0. The van der Waals surface area contributed by atoms with E-state index in [0.717, 1.165) is 89.9 Å². The number of rotatable bonds is 71. The number of ether oxygens (including phenoxy) is 2. The van der Waals surface area contributed by atoms with Gasteiger partial charge in [-0.05, 0) is 70.6 Å². The van der Waals surface area contributed by atoms with Gasteiger partial charge in [-0.2, -0.15) is 0 Å². The van der Waals surface area contributed by atoms with Gasteiger partial charge in [-0.25, -0.2) is 4.57 Å². The topological polar surface area (TPSA) is 134 Å². The lowest BCUT2D eigenvalue weighted by Gasteiger charge is -2.19. The first kappa shape index (κ1) is 85.2.